The summed E-state index contributed by atoms with van der Waals surface area (Å²) in [4.78, 5) is 52.1. The van der Waals surface area contributed by atoms with E-state index in [4.69, 9.17) is 4.74 Å². The number of hydrogen-bond donors (Lipinski definition) is 2. The van der Waals surface area contributed by atoms with Gasteiger partial charge in [-0.2, -0.15) is 0 Å². The van der Waals surface area contributed by atoms with Gasteiger partial charge in [0, 0.05) is 42.9 Å². The SMILES string of the molecule is CC(C)(C)OC(=O)NCCNC(=O)C1CCCN(C(=O)c2ccc3c(c2)C(=O)c2ccccc2-3)C1. The van der Waals surface area contributed by atoms with Crippen molar-refractivity contribution < 1.29 is 23.9 Å². The molecule has 1 aliphatic carbocycles. The van der Waals surface area contributed by atoms with Crippen LogP contribution in [-0.2, 0) is 9.53 Å². The third-order valence-corrected chi connectivity index (χ3v) is 6.14. The highest BCUT2D eigenvalue weighted by atomic mass is 16.6. The average Bonchev–Trinajstić information content (AvgIpc) is 3.12. The number of likely N-dealkylation sites (tertiary alicyclic amines) is 1. The van der Waals surface area contributed by atoms with Crippen molar-refractivity contribution in [2.24, 2.45) is 5.92 Å². The summed E-state index contributed by atoms with van der Waals surface area (Å²) in [7, 11) is 0. The second-order valence-corrected chi connectivity index (χ2v) is 9.95. The predicted molar refractivity (Wildman–Crippen MR) is 131 cm³/mol. The molecule has 2 N–H and O–H groups in total. The molecule has 0 bridgehead atoms. The van der Waals surface area contributed by atoms with Crippen LogP contribution in [0, 0.1) is 5.92 Å². The number of ether oxygens (including phenoxy) is 1. The number of piperidine rings is 1. The molecule has 1 saturated heterocycles. The lowest BCUT2D eigenvalue weighted by Crippen LogP contribution is -2.46. The van der Waals surface area contributed by atoms with E-state index in [1.807, 2.05) is 24.3 Å². The van der Waals surface area contributed by atoms with Gasteiger partial charge in [-0.25, -0.2) is 4.79 Å². The van der Waals surface area contributed by atoms with E-state index < -0.39 is 11.7 Å². The highest BCUT2D eigenvalue weighted by Gasteiger charge is 2.31. The van der Waals surface area contributed by atoms with Crippen LogP contribution in [0.5, 0.6) is 0 Å². The summed E-state index contributed by atoms with van der Waals surface area (Å²) < 4.78 is 5.17. The van der Waals surface area contributed by atoms with E-state index in [1.165, 1.54) is 0 Å². The normalized spacial score (nSPS) is 16.8. The van der Waals surface area contributed by atoms with Crippen molar-refractivity contribution in [2.45, 2.75) is 39.2 Å². The van der Waals surface area contributed by atoms with Crippen LogP contribution in [0.2, 0.25) is 0 Å². The average molecular weight is 478 g/mol. The second-order valence-electron chi connectivity index (χ2n) is 9.95. The molecule has 8 heteroatoms. The molecule has 1 unspecified atom stereocenters. The molecule has 8 nitrogen and oxygen atoms in total. The molecule has 0 spiro atoms. The van der Waals surface area contributed by atoms with Crippen LogP contribution >= 0.6 is 0 Å². The number of ketones is 1. The zero-order chi connectivity index (χ0) is 25.2. The van der Waals surface area contributed by atoms with Crippen molar-refractivity contribution in [1.29, 1.82) is 0 Å². The van der Waals surface area contributed by atoms with Gasteiger partial charge in [0.1, 0.15) is 5.60 Å². The maximum absolute atomic E-state index is 13.2. The number of alkyl carbamates (subject to hydrolysis) is 1. The van der Waals surface area contributed by atoms with E-state index in [1.54, 1.807) is 43.9 Å². The van der Waals surface area contributed by atoms with Crippen molar-refractivity contribution in [3.8, 4) is 11.1 Å². The van der Waals surface area contributed by atoms with Gasteiger partial charge in [0.15, 0.2) is 5.78 Å². The number of carbonyl (C=O) groups excluding carboxylic acids is 4. The van der Waals surface area contributed by atoms with Crippen molar-refractivity contribution in [3.05, 3.63) is 59.2 Å². The number of rotatable bonds is 5. The molecule has 0 radical (unpaired) electrons. The summed E-state index contributed by atoms with van der Waals surface area (Å²) in [5.41, 5.74) is 2.80. The molecule has 184 valence electrons. The van der Waals surface area contributed by atoms with Crippen LogP contribution in [-0.4, -0.2) is 60.4 Å². The Morgan fingerprint density at radius 1 is 0.971 bits per heavy atom. The third-order valence-electron chi connectivity index (χ3n) is 6.14. The lowest BCUT2D eigenvalue weighted by atomic mass is 9.96. The molecule has 2 aromatic carbocycles. The lowest BCUT2D eigenvalue weighted by Gasteiger charge is -2.32. The molecule has 35 heavy (non-hydrogen) atoms. The molecule has 3 amide bonds. The summed E-state index contributed by atoms with van der Waals surface area (Å²) in [5.74, 6) is -0.718. The van der Waals surface area contributed by atoms with E-state index in [2.05, 4.69) is 10.6 Å². The number of amides is 3. The van der Waals surface area contributed by atoms with Crippen molar-refractivity contribution in [1.82, 2.24) is 15.5 Å². The van der Waals surface area contributed by atoms with E-state index in [-0.39, 0.29) is 36.6 Å². The van der Waals surface area contributed by atoms with Gasteiger partial charge >= 0.3 is 6.09 Å². The summed E-state index contributed by atoms with van der Waals surface area (Å²) in [5, 5.41) is 5.44. The minimum absolute atomic E-state index is 0.0684. The van der Waals surface area contributed by atoms with Gasteiger partial charge in [-0.1, -0.05) is 30.3 Å². The third kappa shape index (κ3) is 5.53. The van der Waals surface area contributed by atoms with Gasteiger partial charge in [-0.15, -0.1) is 0 Å². The van der Waals surface area contributed by atoms with Gasteiger partial charge in [-0.05, 0) is 56.9 Å². The number of nitrogens with zero attached hydrogens (tertiary/aromatic N) is 1. The zero-order valence-electron chi connectivity index (χ0n) is 20.3. The Labute approximate surface area is 205 Å². The molecular formula is C27H31N3O5. The first-order valence-electron chi connectivity index (χ1n) is 12.0. The Morgan fingerprint density at radius 2 is 1.66 bits per heavy atom. The largest absolute Gasteiger partial charge is 0.444 e. The fraction of sp³-hybridized carbons (Fsp3) is 0.407. The van der Waals surface area contributed by atoms with Crippen LogP contribution in [0.15, 0.2) is 42.5 Å². The number of nitrogens with one attached hydrogen (secondary N) is 2. The Hall–Kier alpha value is -3.68. The van der Waals surface area contributed by atoms with Crippen LogP contribution < -0.4 is 10.6 Å². The maximum Gasteiger partial charge on any atom is 0.407 e. The number of hydrogen-bond acceptors (Lipinski definition) is 5. The van der Waals surface area contributed by atoms with E-state index >= 15 is 0 Å². The Kier molecular flexibility index (Phi) is 6.91. The molecule has 1 aliphatic heterocycles. The van der Waals surface area contributed by atoms with E-state index in [0.717, 1.165) is 17.5 Å². The zero-order valence-corrected chi connectivity index (χ0v) is 20.3. The standard InChI is InChI=1S/C27H31N3O5/c1-27(2,3)35-26(34)29-13-12-28-24(32)18-7-6-14-30(16-18)25(33)17-10-11-20-19-8-4-5-9-21(19)23(31)22(20)15-17/h4-5,8-11,15,18H,6-7,12-14,16H2,1-3H3,(H,28,32)(H,29,34). The van der Waals surface area contributed by atoms with Crippen LogP contribution in [0.4, 0.5) is 4.79 Å². The fourth-order valence-corrected chi connectivity index (χ4v) is 4.53. The summed E-state index contributed by atoms with van der Waals surface area (Å²) in [6.45, 7) is 6.75. The lowest BCUT2D eigenvalue weighted by molar-refractivity contribution is -0.126. The summed E-state index contributed by atoms with van der Waals surface area (Å²) in [6.07, 6.45) is 0.875. The molecule has 0 saturated carbocycles. The van der Waals surface area contributed by atoms with Crippen molar-refractivity contribution >= 4 is 23.7 Å². The maximum atomic E-state index is 13.2. The number of benzene rings is 2. The molecular weight excluding hydrogens is 446 g/mol. The number of fused-ring (bicyclic) bond motifs is 3. The molecule has 0 aromatic heterocycles. The number of carbonyl (C=O) groups is 4. The van der Waals surface area contributed by atoms with E-state index in [9.17, 15) is 19.2 Å². The minimum Gasteiger partial charge on any atom is -0.444 e. The van der Waals surface area contributed by atoms with Crippen molar-refractivity contribution in [2.75, 3.05) is 26.2 Å². The van der Waals surface area contributed by atoms with Gasteiger partial charge in [-0.3, -0.25) is 14.4 Å². The summed E-state index contributed by atoms with van der Waals surface area (Å²) in [6, 6.07) is 12.7. The fourth-order valence-electron chi connectivity index (χ4n) is 4.53. The van der Waals surface area contributed by atoms with Gasteiger partial charge in [0.25, 0.3) is 5.91 Å². The Bertz CT molecular complexity index is 1170. The first kappa shape index (κ1) is 24.4. The van der Waals surface area contributed by atoms with Gasteiger partial charge < -0.3 is 20.3 Å². The van der Waals surface area contributed by atoms with Gasteiger partial charge in [0.05, 0.1) is 5.92 Å². The predicted octanol–water partition coefficient (Wildman–Crippen LogP) is 3.39. The van der Waals surface area contributed by atoms with Crippen molar-refractivity contribution in [3.63, 3.8) is 0 Å². The molecule has 2 aromatic rings. The smallest absolute Gasteiger partial charge is 0.407 e. The highest BCUT2D eigenvalue weighted by molar-refractivity contribution is 6.22. The second kappa shape index (κ2) is 9.90. The summed E-state index contributed by atoms with van der Waals surface area (Å²) >= 11 is 0. The van der Waals surface area contributed by atoms with Gasteiger partial charge in [0.2, 0.25) is 5.91 Å². The van der Waals surface area contributed by atoms with Crippen LogP contribution in [0.25, 0.3) is 11.1 Å². The molecule has 1 fully saturated rings. The molecule has 2 aliphatic rings. The Balaban J connectivity index is 1.32. The molecule has 1 atom stereocenters. The quantitative estimate of drug-likeness (QED) is 0.548. The molecule has 1 heterocycles. The van der Waals surface area contributed by atoms with E-state index in [0.29, 0.717) is 36.2 Å². The molecule has 4 rings (SSSR count). The topological polar surface area (TPSA) is 105 Å². The Morgan fingerprint density at radius 3 is 2.40 bits per heavy atom. The highest BCUT2D eigenvalue weighted by Crippen LogP contribution is 2.37. The first-order valence-corrected chi connectivity index (χ1v) is 12.0. The monoisotopic (exact) mass is 477 g/mol. The van der Waals surface area contributed by atoms with Crippen LogP contribution in [0.1, 0.15) is 59.9 Å². The van der Waals surface area contributed by atoms with Crippen LogP contribution in [0.3, 0.4) is 0 Å². The minimum atomic E-state index is -0.582. The first-order chi connectivity index (χ1) is 16.6.